The molecule has 3 aromatic carbocycles. The summed E-state index contributed by atoms with van der Waals surface area (Å²) in [6, 6.07) is 18.7. The molecular formula is C31H38N5O9P. The predicted octanol–water partition coefficient (Wildman–Crippen LogP) is 4.42. The molecule has 2 amide bonds. The van der Waals surface area contributed by atoms with Gasteiger partial charge in [-0.2, -0.15) is 0 Å². The van der Waals surface area contributed by atoms with E-state index in [0.29, 0.717) is 30.2 Å². The number of carbonyl (C=O) groups is 3. The fourth-order valence-electron chi connectivity index (χ4n) is 3.99. The molecule has 3 rings (SSSR count). The highest BCUT2D eigenvalue weighted by molar-refractivity contribution is 7.55. The topological polar surface area (TPSA) is 203 Å². The van der Waals surface area contributed by atoms with Crippen molar-refractivity contribution in [3.05, 3.63) is 83.9 Å². The number of benzene rings is 3. The molecule has 46 heavy (non-hydrogen) atoms. The molecule has 0 spiro atoms. The minimum absolute atomic E-state index is 0.0265. The first kappa shape index (κ1) is 35.6. The van der Waals surface area contributed by atoms with Gasteiger partial charge in [-0.05, 0) is 66.6 Å². The van der Waals surface area contributed by atoms with Crippen LogP contribution in [0.2, 0.25) is 0 Å². The first-order valence-corrected chi connectivity index (χ1v) is 15.7. The number of guanidine groups is 1. The van der Waals surface area contributed by atoms with Gasteiger partial charge in [-0.25, -0.2) is 14.4 Å². The van der Waals surface area contributed by atoms with Gasteiger partial charge in [-0.15, -0.1) is 0 Å². The van der Waals surface area contributed by atoms with Crippen molar-refractivity contribution in [3.63, 3.8) is 0 Å². The monoisotopic (exact) mass is 655 g/mol. The average molecular weight is 656 g/mol. The summed E-state index contributed by atoms with van der Waals surface area (Å²) in [4.78, 5) is 40.1. The van der Waals surface area contributed by atoms with Crippen LogP contribution in [0.3, 0.4) is 0 Å². The predicted molar refractivity (Wildman–Crippen MR) is 172 cm³/mol. The Morgan fingerprint density at radius 2 is 1.41 bits per heavy atom. The molecule has 0 bridgehead atoms. The lowest BCUT2D eigenvalue weighted by molar-refractivity contribution is -0.116. The third-order valence-corrected chi connectivity index (χ3v) is 7.94. The molecular weight excluding hydrogens is 617 g/mol. The zero-order chi connectivity index (χ0) is 33.5. The van der Waals surface area contributed by atoms with E-state index in [1.165, 1.54) is 33.1 Å². The van der Waals surface area contributed by atoms with Crippen molar-refractivity contribution < 1.29 is 42.2 Å². The van der Waals surface area contributed by atoms with E-state index < -0.39 is 19.5 Å². The van der Waals surface area contributed by atoms with Crippen LogP contribution in [0, 0.1) is 0 Å². The number of nitrogens with zero attached hydrogens (tertiary/aromatic N) is 1. The smallest absolute Gasteiger partial charge is 0.447 e. The van der Waals surface area contributed by atoms with Crippen LogP contribution in [-0.4, -0.2) is 57.3 Å². The second kappa shape index (κ2) is 17.5. The van der Waals surface area contributed by atoms with Gasteiger partial charge in [-0.3, -0.25) is 9.59 Å². The molecule has 6 N–H and O–H groups in total. The van der Waals surface area contributed by atoms with Crippen molar-refractivity contribution >= 4 is 42.7 Å². The SMILES string of the molecule is COCCOCCOC(=O)NC(c1ccc(N=C(N)N)cc1)P(=O)(Oc1ccc(CC(C)=O)cc1)Oc1ccc(NC(C)=O)cc1. The largest absolute Gasteiger partial charge is 0.457 e. The van der Waals surface area contributed by atoms with E-state index in [4.69, 9.17) is 34.7 Å². The Labute approximate surface area is 266 Å². The maximum atomic E-state index is 14.9. The van der Waals surface area contributed by atoms with Gasteiger partial charge in [0.25, 0.3) is 0 Å². The molecule has 15 heteroatoms. The maximum Gasteiger partial charge on any atom is 0.457 e. The first-order valence-electron chi connectivity index (χ1n) is 14.1. The normalized spacial score (nSPS) is 12.6. The number of nitrogens with one attached hydrogen (secondary N) is 2. The van der Waals surface area contributed by atoms with Crippen LogP contribution in [-0.2, 0) is 34.8 Å². The lowest BCUT2D eigenvalue weighted by atomic mass is 10.1. The minimum atomic E-state index is -4.43. The second-order valence-corrected chi connectivity index (χ2v) is 11.8. The van der Waals surface area contributed by atoms with Crippen LogP contribution < -0.4 is 31.1 Å². The van der Waals surface area contributed by atoms with E-state index in [-0.39, 0.29) is 48.8 Å². The van der Waals surface area contributed by atoms with E-state index in [1.807, 2.05) is 0 Å². The van der Waals surface area contributed by atoms with Crippen LogP contribution >= 0.6 is 7.60 Å². The molecule has 0 aliphatic carbocycles. The van der Waals surface area contributed by atoms with Gasteiger partial charge in [0.15, 0.2) is 11.7 Å². The van der Waals surface area contributed by atoms with Gasteiger partial charge < -0.3 is 45.4 Å². The van der Waals surface area contributed by atoms with E-state index in [9.17, 15) is 18.9 Å². The number of Topliss-reactive ketones (excluding diaryl/α,β-unsaturated/α-hetero) is 1. The maximum absolute atomic E-state index is 14.9. The van der Waals surface area contributed by atoms with E-state index >= 15 is 0 Å². The number of methoxy groups -OCH3 is 1. The number of rotatable bonds is 17. The van der Waals surface area contributed by atoms with Crippen molar-refractivity contribution in [2.75, 3.05) is 38.9 Å². The number of anilines is 1. The molecule has 0 heterocycles. The lowest BCUT2D eigenvalue weighted by Gasteiger charge is -2.28. The Hall–Kier alpha value is -4.91. The Morgan fingerprint density at radius 3 is 1.96 bits per heavy atom. The van der Waals surface area contributed by atoms with Crippen molar-refractivity contribution in [1.82, 2.24) is 5.32 Å². The number of ketones is 1. The number of ether oxygens (including phenoxy) is 3. The average Bonchev–Trinajstić information content (AvgIpc) is 2.99. The molecule has 0 radical (unpaired) electrons. The van der Waals surface area contributed by atoms with Crippen molar-refractivity contribution in [3.8, 4) is 11.5 Å². The number of hydrogen-bond acceptors (Lipinski definition) is 10. The Balaban J connectivity index is 1.99. The lowest BCUT2D eigenvalue weighted by Crippen LogP contribution is -2.32. The molecule has 0 saturated heterocycles. The number of alkyl carbamates (subject to hydrolysis) is 1. The Morgan fingerprint density at radius 1 is 0.826 bits per heavy atom. The molecule has 0 saturated carbocycles. The number of aliphatic imine (C=N–C) groups is 1. The van der Waals surface area contributed by atoms with Gasteiger partial charge in [0, 0.05) is 26.1 Å². The molecule has 3 aromatic rings. The fourth-order valence-corrected chi connectivity index (χ4v) is 5.87. The summed E-state index contributed by atoms with van der Waals surface area (Å²) in [6.45, 7) is 3.54. The van der Waals surface area contributed by atoms with Gasteiger partial charge in [0.2, 0.25) is 5.91 Å². The number of hydrogen-bond donors (Lipinski definition) is 4. The summed E-state index contributed by atoms with van der Waals surface area (Å²) in [5.41, 5.74) is 12.9. The van der Waals surface area contributed by atoms with Crippen molar-refractivity contribution in [1.29, 1.82) is 0 Å². The molecule has 0 aromatic heterocycles. The van der Waals surface area contributed by atoms with Gasteiger partial charge in [0.05, 0.1) is 25.5 Å². The molecule has 0 aliphatic heterocycles. The summed E-state index contributed by atoms with van der Waals surface area (Å²) in [5, 5.41) is 5.25. The Kier molecular flexibility index (Phi) is 13.6. The van der Waals surface area contributed by atoms with Crippen LogP contribution in [0.5, 0.6) is 11.5 Å². The van der Waals surface area contributed by atoms with Crippen molar-refractivity contribution in [2.24, 2.45) is 16.5 Å². The summed E-state index contributed by atoms with van der Waals surface area (Å²) in [6.07, 6.45) is -0.707. The zero-order valence-electron chi connectivity index (χ0n) is 25.8. The highest BCUT2D eigenvalue weighted by Gasteiger charge is 2.42. The van der Waals surface area contributed by atoms with Crippen LogP contribution in [0.4, 0.5) is 16.2 Å². The minimum Gasteiger partial charge on any atom is -0.447 e. The Bertz CT molecular complexity index is 1460. The van der Waals surface area contributed by atoms with Crippen LogP contribution in [0.1, 0.15) is 30.8 Å². The quantitative estimate of drug-likeness (QED) is 0.0694. The van der Waals surface area contributed by atoms with Gasteiger partial charge in [-0.1, -0.05) is 24.3 Å². The molecule has 14 nitrogen and oxygen atoms in total. The van der Waals surface area contributed by atoms with Crippen LogP contribution in [0.25, 0.3) is 0 Å². The number of carbonyl (C=O) groups excluding carboxylic acids is 3. The van der Waals surface area contributed by atoms with E-state index in [2.05, 4.69) is 15.6 Å². The first-order chi connectivity index (χ1) is 22.0. The summed E-state index contributed by atoms with van der Waals surface area (Å²) < 4.78 is 42.5. The molecule has 2 unspecified atom stereocenters. The van der Waals surface area contributed by atoms with E-state index in [1.54, 1.807) is 60.7 Å². The standard InChI is InChI=1S/C31H38N5O9P/c1-21(37)20-23-4-12-27(13-5-23)44-46(40,45-28-14-10-25(11-15-28)34-22(2)38)29(24-6-8-26(9-7-24)35-30(32)33)36-31(39)43-19-18-42-17-16-41-3/h4-15,29H,16-20H2,1-3H3,(H,34,38)(H,36,39)(H4,32,33,35). The molecule has 246 valence electrons. The highest BCUT2D eigenvalue weighted by Crippen LogP contribution is 2.59. The van der Waals surface area contributed by atoms with Crippen molar-refractivity contribution in [2.45, 2.75) is 26.1 Å². The molecule has 2 atom stereocenters. The summed E-state index contributed by atoms with van der Waals surface area (Å²) in [5.74, 6) is -1.60. The van der Waals surface area contributed by atoms with Crippen LogP contribution in [0.15, 0.2) is 77.8 Å². The zero-order valence-corrected chi connectivity index (χ0v) is 26.7. The third kappa shape index (κ3) is 11.9. The summed E-state index contributed by atoms with van der Waals surface area (Å²) in [7, 11) is -2.89. The van der Waals surface area contributed by atoms with Gasteiger partial charge >= 0.3 is 13.7 Å². The highest BCUT2D eigenvalue weighted by atomic mass is 31.2. The third-order valence-electron chi connectivity index (χ3n) is 5.95. The second-order valence-electron chi connectivity index (χ2n) is 9.87. The van der Waals surface area contributed by atoms with E-state index in [0.717, 1.165) is 5.56 Å². The number of nitrogens with two attached hydrogens (primary N) is 2. The molecule has 0 fully saturated rings. The molecule has 0 aliphatic rings. The fraction of sp³-hybridized carbons (Fsp3) is 0.290. The number of amides is 2. The summed E-state index contributed by atoms with van der Waals surface area (Å²) >= 11 is 0. The van der Waals surface area contributed by atoms with Gasteiger partial charge in [0.1, 0.15) is 23.9 Å².